The van der Waals surface area contributed by atoms with Crippen LogP contribution in [-0.4, -0.2) is 62.0 Å². The molecule has 0 bridgehead atoms. The molecule has 0 aromatic carbocycles. The highest BCUT2D eigenvalue weighted by atomic mass is 16.6. The molecular weight excluding hydrogens is 372 g/mol. The average Bonchev–Trinajstić information content (AvgIpc) is 2.73. The van der Waals surface area contributed by atoms with Gasteiger partial charge >= 0.3 is 23.9 Å². The number of carbonyl (C=O) groups excluding carboxylic acids is 4. The summed E-state index contributed by atoms with van der Waals surface area (Å²) in [5.41, 5.74) is -1.46. The molecule has 0 heterocycles. The Kier molecular flexibility index (Phi) is 11.6. The number of carbonyl (C=O) groups is 4. The Hall–Kier alpha value is -3.20. The van der Waals surface area contributed by atoms with E-state index in [2.05, 4.69) is 26.3 Å². The number of rotatable bonds is 14. The molecule has 1 N–H and O–H groups in total. The van der Waals surface area contributed by atoms with Crippen LogP contribution in [0.4, 0.5) is 0 Å². The van der Waals surface area contributed by atoms with Gasteiger partial charge in [-0.2, -0.15) is 0 Å². The molecule has 0 fully saturated rings. The van der Waals surface area contributed by atoms with Crippen LogP contribution >= 0.6 is 0 Å². The first-order chi connectivity index (χ1) is 13.3. The first-order valence-electron chi connectivity index (χ1n) is 8.06. The second-order valence-corrected chi connectivity index (χ2v) is 5.51. The zero-order valence-corrected chi connectivity index (χ0v) is 15.5. The average molecular weight is 396 g/mol. The zero-order valence-electron chi connectivity index (χ0n) is 15.5. The fraction of sp³-hybridized carbons (Fsp3) is 0.368. The molecule has 0 saturated heterocycles. The summed E-state index contributed by atoms with van der Waals surface area (Å²) < 4.78 is 20.0. The Morgan fingerprint density at radius 2 is 1.04 bits per heavy atom. The van der Waals surface area contributed by atoms with Crippen LogP contribution in [0.15, 0.2) is 50.6 Å². The molecule has 0 saturated carbocycles. The summed E-state index contributed by atoms with van der Waals surface area (Å²) in [7, 11) is 0. The molecule has 0 atom stereocenters. The van der Waals surface area contributed by atoms with Gasteiger partial charge in [0.1, 0.15) is 13.2 Å². The van der Waals surface area contributed by atoms with Crippen LogP contribution in [0, 0.1) is 11.3 Å². The lowest BCUT2D eigenvalue weighted by Gasteiger charge is -2.37. The van der Waals surface area contributed by atoms with Crippen molar-refractivity contribution in [2.45, 2.75) is 0 Å². The van der Waals surface area contributed by atoms with Gasteiger partial charge in [-0.25, -0.2) is 19.2 Å². The summed E-state index contributed by atoms with van der Waals surface area (Å²) in [6.45, 7) is 10.8. The molecule has 0 aromatic heterocycles. The van der Waals surface area contributed by atoms with Gasteiger partial charge in [0, 0.05) is 30.2 Å². The van der Waals surface area contributed by atoms with E-state index in [-0.39, 0.29) is 13.2 Å². The minimum atomic E-state index is -1.46. The minimum absolute atomic E-state index is 0.354. The summed E-state index contributed by atoms with van der Waals surface area (Å²) >= 11 is 0. The van der Waals surface area contributed by atoms with Crippen molar-refractivity contribution in [3.05, 3.63) is 50.6 Å². The molecule has 154 valence electrons. The molecule has 28 heavy (non-hydrogen) atoms. The maximum absolute atomic E-state index is 11.5. The Morgan fingerprint density at radius 1 is 0.714 bits per heavy atom. The van der Waals surface area contributed by atoms with Crippen LogP contribution in [0.2, 0.25) is 0 Å². The van der Waals surface area contributed by atoms with E-state index in [1.807, 2.05) is 0 Å². The summed E-state index contributed by atoms with van der Waals surface area (Å²) in [6, 6.07) is 0. The van der Waals surface area contributed by atoms with E-state index in [0.29, 0.717) is 0 Å². The van der Waals surface area contributed by atoms with Gasteiger partial charge in [0.25, 0.3) is 0 Å². The molecule has 9 heteroatoms. The summed E-state index contributed by atoms with van der Waals surface area (Å²) in [5, 5.41) is 10.0. The Morgan fingerprint density at radius 3 is 1.32 bits per heavy atom. The molecule has 0 aliphatic heterocycles. The van der Waals surface area contributed by atoms with E-state index in [0.717, 1.165) is 24.3 Å². The van der Waals surface area contributed by atoms with Crippen LogP contribution in [0.3, 0.4) is 0 Å². The van der Waals surface area contributed by atoms with Crippen LogP contribution in [-0.2, 0) is 38.1 Å². The number of esters is 4. The number of aliphatic hydroxyl groups excluding tert-OH is 1. The Bertz CT molecular complexity index is 573. The van der Waals surface area contributed by atoms with Gasteiger partial charge in [0.15, 0.2) is 0 Å². The molecule has 0 unspecified atom stereocenters. The lowest BCUT2D eigenvalue weighted by atomic mass is 9.77. The third-order valence-electron chi connectivity index (χ3n) is 3.70. The van der Waals surface area contributed by atoms with Crippen molar-refractivity contribution in [1.82, 2.24) is 0 Å². The normalized spacial score (nSPS) is 10.4. The summed E-state index contributed by atoms with van der Waals surface area (Å²) in [5.74, 6) is -4.03. The smallest absolute Gasteiger partial charge is 0.330 e. The van der Waals surface area contributed by atoms with Crippen molar-refractivity contribution in [2.75, 3.05) is 33.0 Å². The molecule has 0 aliphatic carbocycles. The second-order valence-electron chi connectivity index (χ2n) is 5.51. The maximum Gasteiger partial charge on any atom is 0.330 e. The molecule has 0 rings (SSSR count). The van der Waals surface area contributed by atoms with Crippen molar-refractivity contribution in [1.29, 1.82) is 0 Å². The third-order valence-corrected chi connectivity index (χ3v) is 3.70. The largest absolute Gasteiger partial charge is 0.462 e. The predicted molar refractivity (Wildman–Crippen MR) is 97.6 cm³/mol. The summed E-state index contributed by atoms with van der Waals surface area (Å²) in [4.78, 5) is 45.8. The fourth-order valence-corrected chi connectivity index (χ4v) is 1.93. The van der Waals surface area contributed by atoms with E-state index in [1.54, 1.807) is 0 Å². The van der Waals surface area contributed by atoms with E-state index in [9.17, 15) is 24.3 Å². The molecule has 0 aromatic rings. The van der Waals surface area contributed by atoms with Crippen molar-refractivity contribution in [3.8, 4) is 0 Å². The maximum atomic E-state index is 11.5. The molecular formula is C19H24O9. The number of ether oxygens (including phenoxy) is 4. The monoisotopic (exact) mass is 396 g/mol. The SMILES string of the molecule is C=CC(=O)OCC(COC(=O)C=C)C(CO)(COC(=O)C=C)COC(=O)C=C. The summed E-state index contributed by atoms with van der Waals surface area (Å²) in [6.07, 6.45) is 3.65. The van der Waals surface area contributed by atoms with Gasteiger partial charge < -0.3 is 24.1 Å². The molecule has 0 aliphatic rings. The van der Waals surface area contributed by atoms with Crippen molar-refractivity contribution in [2.24, 2.45) is 11.3 Å². The molecule has 0 spiro atoms. The quantitative estimate of drug-likeness (QED) is 0.254. The van der Waals surface area contributed by atoms with Crippen molar-refractivity contribution in [3.63, 3.8) is 0 Å². The van der Waals surface area contributed by atoms with E-state index in [4.69, 9.17) is 18.9 Å². The molecule has 9 nitrogen and oxygen atoms in total. The van der Waals surface area contributed by atoms with Crippen LogP contribution in [0.25, 0.3) is 0 Å². The highest BCUT2D eigenvalue weighted by molar-refractivity contribution is 5.82. The van der Waals surface area contributed by atoms with Gasteiger partial charge in [-0.3, -0.25) is 0 Å². The predicted octanol–water partition coefficient (Wildman–Crippen LogP) is 0.498. The van der Waals surface area contributed by atoms with Crippen LogP contribution in [0.1, 0.15) is 0 Å². The standard InChI is InChI=1S/C19H24O9/c1-5-15(21)25-9-14(10-26-16(22)6-2)19(11-20,12-27-17(23)7-3)13-28-18(24)8-4/h5-8,14,20H,1-4,9-13H2. The van der Waals surface area contributed by atoms with Gasteiger partial charge in [0.05, 0.1) is 25.2 Å². The van der Waals surface area contributed by atoms with Gasteiger partial charge in [0.2, 0.25) is 0 Å². The van der Waals surface area contributed by atoms with Gasteiger partial charge in [-0.05, 0) is 0 Å². The minimum Gasteiger partial charge on any atom is -0.462 e. The zero-order chi connectivity index (χ0) is 21.6. The van der Waals surface area contributed by atoms with Crippen molar-refractivity contribution >= 4 is 23.9 Å². The van der Waals surface area contributed by atoms with Crippen LogP contribution in [0.5, 0.6) is 0 Å². The fourth-order valence-electron chi connectivity index (χ4n) is 1.93. The topological polar surface area (TPSA) is 125 Å². The number of hydrogen-bond acceptors (Lipinski definition) is 9. The first-order valence-corrected chi connectivity index (χ1v) is 8.06. The van der Waals surface area contributed by atoms with Gasteiger partial charge in [-0.15, -0.1) is 0 Å². The highest BCUT2D eigenvalue weighted by Crippen LogP contribution is 2.30. The Balaban J connectivity index is 5.72. The van der Waals surface area contributed by atoms with Crippen molar-refractivity contribution < 1.29 is 43.2 Å². The molecule has 0 amide bonds. The third kappa shape index (κ3) is 8.45. The lowest BCUT2D eigenvalue weighted by molar-refractivity contribution is -0.166. The van der Waals surface area contributed by atoms with E-state index in [1.165, 1.54) is 0 Å². The number of aliphatic hydroxyl groups is 1. The Labute approximate surface area is 162 Å². The van der Waals surface area contributed by atoms with Gasteiger partial charge in [-0.1, -0.05) is 26.3 Å². The first kappa shape index (κ1) is 24.8. The highest BCUT2D eigenvalue weighted by Gasteiger charge is 2.43. The lowest BCUT2D eigenvalue weighted by Crippen LogP contribution is -2.48. The second kappa shape index (κ2) is 13.0. The van der Waals surface area contributed by atoms with E-state index >= 15 is 0 Å². The molecule has 0 radical (unpaired) electrons. The van der Waals surface area contributed by atoms with E-state index < -0.39 is 55.0 Å². The number of hydrogen-bond donors (Lipinski definition) is 1. The van der Waals surface area contributed by atoms with Crippen LogP contribution < -0.4 is 0 Å².